The molecular formula is C30H29NO. The molecular weight excluding hydrogens is 390 g/mol. The van der Waals surface area contributed by atoms with E-state index in [1.807, 2.05) is 30.3 Å². The number of nitrogens with zero attached hydrogens (tertiary/aromatic N) is 1. The minimum Gasteiger partial charge on any atom is -0.300 e. The summed E-state index contributed by atoms with van der Waals surface area (Å²) < 4.78 is 0. The molecule has 0 N–H and O–H groups in total. The lowest BCUT2D eigenvalue weighted by molar-refractivity contribution is 0.0922. The number of ketones is 1. The Kier molecular flexibility index (Phi) is 5.87. The largest absolute Gasteiger partial charge is 0.300 e. The minimum absolute atomic E-state index is 0.236. The lowest BCUT2D eigenvalue weighted by Crippen LogP contribution is -2.39. The second-order valence-corrected chi connectivity index (χ2v) is 8.86. The van der Waals surface area contributed by atoms with Crippen molar-refractivity contribution in [3.05, 3.63) is 112 Å². The van der Waals surface area contributed by atoms with Crippen molar-refractivity contribution in [2.45, 2.75) is 32.2 Å². The molecule has 2 nitrogen and oxygen atoms in total. The standard InChI is InChI=1S/C30H29NO/c1-22(21-29(32)25-11-3-2-4-12-25)31-19-17-26(18-20-31)30-27-13-7-5-9-23(27)15-16-24-10-6-8-14-28(24)30/h2-16,22H,17-21H2,1H3. The molecule has 32 heavy (non-hydrogen) atoms. The highest BCUT2D eigenvalue weighted by molar-refractivity contribution is 5.96. The van der Waals surface area contributed by atoms with Crippen LogP contribution in [0.25, 0.3) is 17.7 Å². The number of Topliss-reactive ketones (excluding diaryl/α,β-unsaturated/α-hetero) is 1. The van der Waals surface area contributed by atoms with Crippen molar-refractivity contribution in [3.63, 3.8) is 0 Å². The van der Waals surface area contributed by atoms with Crippen LogP contribution in [0, 0.1) is 0 Å². The molecule has 0 amide bonds. The monoisotopic (exact) mass is 419 g/mol. The summed E-state index contributed by atoms with van der Waals surface area (Å²) in [6.07, 6.45) is 7.15. The molecule has 2 heteroatoms. The van der Waals surface area contributed by atoms with Gasteiger partial charge in [0.25, 0.3) is 0 Å². The Hall–Kier alpha value is -3.23. The van der Waals surface area contributed by atoms with E-state index < -0.39 is 0 Å². The van der Waals surface area contributed by atoms with E-state index >= 15 is 0 Å². The van der Waals surface area contributed by atoms with Gasteiger partial charge in [-0.3, -0.25) is 9.69 Å². The van der Waals surface area contributed by atoms with Gasteiger partial charge in [-0.05, 0) is 47.6 Å². The van der Waals surface area contributed by atoms with Crippen LogP contribution in [0.5, 0.6) is 0 Å². The van der Waals surface area contributed by atoms with Gasteiger partial charge in [0, 0.05) is 31.1 Å². The van der Waals surface area contributed by atoms with E-state index in [9.17, 15) is 4.79 Å². The van der Waals surface area contributed by atoms with Crippen LogP contribution < -0.4 is 0 Å². The molecule has 1 unspecified atom stereocenters. The molecule has 1 heterocycles. The molecule has 3 aromatic carbocycles. The van der Waals surface area contributed by atoms with Crippen molar-refractivity contribution in [3.8, 4) is 0 Å². The van der Waals surface area contributed by atoms with Gasteiger partial charge in [-0.15, -0.1) is 0 Å². The zero-order valence-electron chi connectivity index (χ0n) is 18.6. The van der Waals surface area contributed by atoms with E-state index in [2.05, 4.69) is 72.5 Å². The topological polar surface area (TPSA) is 20.3 Å². The van der Waals surface area contributed by atoms with E-state index in [-0.39, 0.29) is 11.8 Å². The first kappa shape index (κ1) is 20.7. The Morgan fingerprint density at radius 2 is 1.31 bits per heavy atom. The number of rotatable bonds is 4. The fraction of sp³-hybridized carbons (Fsp3) is 0.233. The molecule has 0 bridgehead atoms. The van der Waals surface area contributed by atoms with Gasteiger partial charge in [-0.1, -0.05) is 96.6 Å². The number of carbonyl (C=O) groups is 1. The van der Waals surface area contributed by atoms with Gasteiger partial charge in [0.2, 0.25) is 0 Å². The number of likely N-dealkylation sites (tertiary alicyclic amines) is 1. The van der Waals surface area contributed by atoms with Crippen LogP contribution in [0.4, 0.5) is 0 Å². The Balaban J connectivity index is 1.38. The van der Waals surface area contributed by atoms with Crippen LogP contribution in [0.2, 0.25) is 0 Å². The molecule has 1 fully saturated rings. The third-order valence-corrected chi connectivity index (χ3v) is 6.86. The van der Waals surface area contributed by atoms with Crippen molar-refractivity contribution < 1.29 is 4.79 Å². The van der Waals surface area contributed by atoms with Crippen LogP contribution in [0.1, 0.15) is 58.8 Å². The van der Waals surface area contributed by atoms with E-state index in [1.54, 1.807) is 0 Å². The maximum absolute atomic E-state index is 12.7. The number of piperidine rings is 1. The van der Waals surface area contributed by atoms with Crippen molar-refractivity contribution in [2.75, 3.05) is 13.1 Å². The number of benzene rings is 3. The van der Waals surface area contributed by atoms with Crippen LogP contribution in [-0.4, -0.2) is 29.8 Å². The number of carbonyl (C=O) groups excluding carboxylic acids is 1. The fourth-order valence-electron chi connectivity index (χ4n) is 5.07. The van der Waals surface area contributed by atoms with Gasteiger partial charge in [-0.25, -0.2) is 0 Å². The maximum atomic E-state index is 12.7. The lowest BCUT2D eigenvalue weighted by atomic mass is 9.85. The van der Waals surface area contributed by atoms with Crippen LogP contribution in [0.3, 0.4) is 0 Å². The zero-order chi connectivity index (χ0) is 21.9. The smallest absolute Gasteiger partial charge is 0.164 e. The predicted molar refractivity (Wildman–Crippen MR) is 133 cm³/mol. The molecule has 2 aliphatic rings. The number of hydrogen-bond donors (Lipinski definition) is 0. The van der Waals surface area contributed by atoms with Gasteiger partial charge in [0.1, 0.15) is 0 Å². The van der Waals surface area contributed by atoms with Crippen LogP contribution >= 0.6 is 0 Å². The van der Waals surface area contributed by atoms with Crippen molar-refractivity contribution in [1.29, 1.82) is 0 Å². The van der Waals surface area contributed by atoms with Crippen LogP contribution in [0.15, 0.2) is 84.4 Å². The molecule has 0 aromatic heterocycles. The van der Waals surface area contributed by atoms with Crippen molar-refractivity contribution in [1.82, 2.24) is 4.90 Å². The van der Waals surface area contributed by atoms with E-state index in [0.29, 0.717) is 6.42 Å². The van der Waals surface area contributed by atoms with Crippen molar-refractivity contribution in [2.24, 2.45) is 0 Å². The summed E-state index contributed by atoms with van der Waals surface area (Å²) in [6.45, 7) is 4.19. The first-order chi connectivity index (χ1) is 15.7. The zero-order valence-corrected chi connectivity index (χ0v) is 18.6. The molecule has 1 saturated heterocycles. The highest BCUT2D eigenvalue weighted by Crippen LogP contribution is 2.38. The van der Waals surface area contributed by atoms with Gasteiger partial charge in [0.05, 0.1) is 0 Å². The van der Waals surface area contributed by atoms with Crippen molar-refractivity contribution >= 4 is 23.5 Å². The summed E-state index contributed by atoms with van der Waals surface area (Å²) in [7, 11) is 0. The highest BCUT2D eigenvalue weighted by Gasteiger charge is 2.25. The first-order valence-corrected chi connectivity index (χ1v) is 11.6. The second kappa shape index (κ2) is 9.10. The maximum Gasteiger partial charge on any atom is 0.164 e. The van der Waals surface area contributed by atoms with E-state index in [1.165, 1.54) is 33.4 Å². The average Bonchev–Trinajstić information content (AvgIpc) is 3.01. The van der Waals surface area contributed by atoms with E-state index in [0.717, 1.165) is 31.5 Å². The molecule has 1 atom stereocenters. The molecule has 160 valence electrons. The van der Waals surface area contributed by atoms with Gasteiger partial charge in [-0.2, -0.15) is 0 Å². The quantitative estimate of drug-likeness (QED) is 0.342. The third kappa shape index (κ3) is 4.11. The Morgan fingerprint density at radius 1 is 0.781 bits per heavy atom. The minimum atomic E-state index is 0.236. The normalized spacial score (nSPS) is 16.8. The highest BCUT2D eigenvalue weighted by atomic mass is 16.1. The summed E-state index contributed by atoms with van der Waals surface area (Å²) in [5, 5.41) is 0. The molecule has 0 radical (unpaired) electrons. The number of hydrogen-bond acceptors (Lipinski definition) is 2. The van der Waals surface area contributed by atoms with Crippen LogP contribution in [-0.2, 0) is 0 Å². The van der Waals surface area contributed by atoms with Gasteiger partial charge in [0.15, 0.2) is 5.78 Å². The first-order valence-electron chi connectivity index (χ1n) is 11.6. The Morgan fingerprint density at radius 3 is 1.91 bits per heavy atom. The molecule has 1 aliphatic heterocycles. The summed E-state index contributed by atoms with van der Waals surface area (Å²) in [5.41, 5.74) is 9.01. The lowest BCUT2D eigenvalue weighted by Gasteiger charge is -2.34. The molecule has 0 spiro atoms. The summed E-state index contributed by atoms with van der Waals surface area (Å²) in [6, 6.07) is 27.4. The Bertz CT molecular complexity index is 1130. The summed E-state index contributed by atoms with van der Waals surface area (Å²) in [4.78, 5) is 15.2. The average molecular weight is 420 g/mol. The van der Waals surface area contributed by atoms with E-state index in [4.69, 9.17) is 0 Å². The predicted octanol–water partition coefficient (Wildman–Crippen LogP) is 6.73. The fourth-order valence-corrected chi connectivity index (χ4v) is 5.07. The summed E-state index contributed by atoms with van der Waals surface area (Å²) >= 11 is 0. The van der Waals surface area contributed by atoms with Gasteiger partial charge >= 0.3 is 0 Å². The molecule has 0 saturated carbocycles. The molecule has 3 aromatic rings. The molecule has 5 rings (SSSR count). The SMILES string of the molecule is CC(CC(=O)c1ccccc1)N1CCC(=C2c3ccccc3C=Cc3ccccc32)CC1. The second-order valence-electron chi connectivity index (χ2n) is 8.86. The third-order valence-electron chi connectivity index (χ3n) is 6.86. The van der Waals surface area contributed by atoms with Gasteiger partial charge < -0.3 is 0 Å². The number of fused-ring (bicyclic) bond motifs is 2. The Labute approximate surface area is 190 Å². The summed E-state index contributed by atoms with van der Waals surface area (Å²) in [5.74, 6) is 0.236. The molecule has 1 aliphatic carbocycles.